The Morgan fingerprint density at radius 1 is 1.44 bits per heavy atom. The molecule has 3 nitrogen and oxygen atoms in total. The molecule has 1 aromatic rings. The van der Waals surface area contributed by atoms with Crippen molar-refractivity contribution in [2.45, 2.75) is 45.7 Å². The van der Waals surface area contributed by atoms with Crippen molar-refractivity contribution in [1.82, 2.24) is 5.32 Å². The number of carboxylic acids is 1. The molecule has 100 valence electrons. The normalized spacial score (nSPS) is 12.4. The Bertz CT molecular complexity index is 407. The van der Waals surface area contributed by atoms with Gasteiger partial charge in [-0.25, -0.2) is 9.18 Å². The third kappa shape index (κ3) is 4.11. The highest BCUT2D eigenvalue weighted by molar-refractivity contribution is 5.87. The van der Waals surface area contributed by atoms with E-state index in [9.17, 15) is 9.18 Å². The Hall–Kier alpha value is -1.42. The molecule has 0 aliphatic carbocycles. The minimum atomic E-state index is -1.03. The molecule has 0 radical (unpaired) electrons. The van der Waals surface area contributed by atoms with Crippen molar-refractivity contribution >= 4 is 5.97 Å². The standard InChI is InChI=1S/C14H20FNO2/c1-3-5-12(4-2)16-9-11-8-10(14(17)18)6-7-13(11)15/h6-8,12,16H,3-5,9H2,1-2H3,(H,17,18). The Morgan fingerprint density at radius 3 is 2.72 bits per heavy atom. The summed E-state index contributed by atoms with van der Waals surface area (Å²) in [4.78, 5) is 10.8. The van der Waals surface area contributed by atoms with Crippen LogP contribution in [0.15, 0.2) is 18.2 Å². The molecule has 0 aliphatic rings. The van der Waals surface area contributed by atoms with Gasteiger partial charge in [0.25, 0.3) is 0 Å². The van der Waals surface area contributed by atoms with Gasteiger partial charge in [0.2, 0.25) is 0 Å². The molecule has 0 spiro atoms. The molecule has 2 N–H and O–H groups in total. The second-order valence-corrected chi connectivity index (χ2v) is 4.39. The van der Waals surface area contributed by atoms with Gasteiger partial charge in [0.05, 0.1) is 5.56 Å². The summed E-state index contributed by atoms with van der Waals surface area (Å²) in [7, 11) is 0. The topological polar surface area (TPSA) is 49.3 Å². The van der Waals surface area contributed by atoms with Crippen LogP contribution in [0.4, 0.5) is 4.39 Å². The van der Waals surface area contributed by atoms with E-state index in [1.54, 1.807) is 0 Å². The van der Waals surface area contributed by atoms with E-state index in [1.165, 1.54) is 18.2 Å². The van der Waals surface area contributed by atoms with E-state index in [0.717, 1.165) is 19.3 Å². The van der Waals surface area contributed by atoms with Crippen LogP contribution in [0.2, 0.25) is 0 Å². The van der Waals surface area contributed by atoms with Crippen LogP contribution in [-0.2, 0) is 6.54 Å². The third-order valence-electron chi connectivity index (χ3n) is 3.00. The fourth-order valence-electron chi connectivity index (χ4n) is 1.90. The lowest BCUT2D eigenvalue weighted by Gasteiger charge is -2.16. The maximum atomic E-state index is 13.5. The molecule has 4 heteroatoms. The maximum absolute atomic E-state index is 13.5. The molecule has 1 atom stereocenters. The Kier molecular flexibility index (Phi) is 5.78. The summed E-state index contributed by atoms with van der Waals surface area (Å²) in [6.45, 7) is 4.55. The fourth-order valence-corrected chi connectivity index (χ4v) is 1.90. The highest BCUT2D eigenvalue weighted by atomic mass is 19.1. The first kappa shape index (κ1) is 14.6. The molecular weight excluding hydrogens is 233 g/mol. The Labute approximate surface area is 107 Å². The lowest BCUT2D eigenvalue weighted by Crippen LogP contribution is -2.28. The molecule has 0 saturated heterocycles. The number of carbonyl (C=O) groups is 1. The number of benzene rings is 1. The van der Waals surface area contributed by atoms with E-state index in [4.69, 9.17) is 5.11 Å². The van der Waals surface area contributed by atoms with Crippen molar-refractivity contribution in [2.75, 3.05) is 0 Å². The van der Waals surface area contributed by atoms with Gasteiger partial charge in [-0.2, -0.15) is 0 Å². The van der Waals surface area contributed by atoms with E-state index in [-0.39, 0.29) is 11.4 Å². The number of rotatable bonds is 7. The predicted octanol–water partition coefficient (Wildman–Crippen LogP) is 3.19. The molecule has 1 rings (SSSR count). The predicted molar refractivity (Wildman–Crippen MR) is 69.2 cm³/mol. The first-order chi connectivity index (χ1) is 8.58. The van der Waals surface area contributed by atoms with Crippen molar-refractivity contribution < 1.29 is 14.3 Å². The summed E-state index contributed by atoms with van der Waals surface area (Å²) in [6, 6.07) is 4.23. The zero-order valence-corrected chi connectivity index (χ0v) is 10.9. The van der Waals surface area contributed by atoms with Crippen LogP contribution in [0.25, 0.3) is 0 Å². The molecule has 0 amide bonds. The number of aromatic carboxylic acids is 1. The van der Waals surface area contributed by atoms with Crippen molar-refractivity contribution in [3.8, 4) is 0 Å². The molecule has 18 heavy (non-hydrogen) atoms. The van der Waals surface area contributed by atoms with Gasteiger partial charge >= 0.3 is 5.97 Å². The minimum Gasteiger partial charge on any atom is -0.478 e. The smallest absolute Gasteiger partial charge is 0.335 e. The zero-order valence-electron chi connectivity index (χ0n) is 10.9. The second-order valence-electron chi connectivity index (χ2n) is 4.39. The van der Waals surface area contributed by atoms with Gasteiger partial charge in [0, 0.05) is 18.2 Å². The van der Waals surface area contributed by atoms with E-state index >= 15 is 0 Å². The number of nitrogens with one attached hydrogen (secondary N) is 1. The van der Waals surface area contributed by atoms with Crippen molar-refractivity contribution in [1.29, 1.82) is 0 Å². The van der Waals surface area contributed by atoms with Crippen LogP contribution in [-0.4, -0.2) is 17.1 Å². The number of hydrogen-bond acceptors (Lipinski definition) is 2. The van der Waals surface area contributed by atoms with Gasteiger partial charge in [-0.1, -0.05) is 20.3 Å². The Balaban J connectivity index is 2.71. The quantitative estimate of drug-likeness (QED) is 0.784. The molecule has 0 aliphatic heterocycles. The number of halogens is 1. The summed E-state index contributed by atoms with van der Waals surface area (Å²) >= 11 is 0. The average Bonchev–Trinajstić information content (AvgIpc) is 2.35. The number of carboxylic acid groups (broad SMARTS) is 1. The van der Waals surface area contributed by atoms with Crippen LogP contribution < -0.4 is 5.32 Å². The monoisotopic (exact) mass is 253 g/mol. The van der Waals surface area contributed by atoms with Crippen LogP contribution in [0, 0.1) is 5.82 Å². The van der Waals surface area contributed by atoms with E-state index in [0.29, 0.717) is 18.2 Å². The lowest BCUT2D eigenvalue weighted by atomic mass is 10.1. The van der Waals surface area contributed by atoms with Gasteiger partial charge in [0.15, 0.2) is 0 Å². The molecule has 0 saturated carbocycles. The molecule has 0 aromatic heterocycles. The molecular formula is C14H20FNO2. The summed E-state index contributed by atoms with van der Waals surface area (Å²) in [5.41, 5.74) is 0.529. The van der Waals surface area contributed by atoms with Crippen molar-refractivity contribution in [3.05, 3.63) is 35.1 Å². The van der Waals surface area contributed by atoms with Gasteiger partial charge in [-0.15, -0.1) is 0 Å². The summed E-state index contributed by atoms with van der Waals surface area (Å²) in [5.74, 6) is -1.39. The van der Waals surface area contributed by atoms with Crippen LogP contribution in [0.3, 0.4) is 0 Å². The molecule has 0 bridgehead atoms. The van der Waals surface area contributed by atoms with Crippen LogP contribution in [0.1, 0.15) is 49.0 Å². The first-order valence-electron chi connectivity index (χ1n) is 6.33. The average molecular weight is 253 g/mol. The van der Waals surface area contributed by atoms with Gasteiger partial charge in [0.1, 0.15) is 5.82 Å². The maximum Gasteiger partial charge on any atom is 0.335 e. The summed E-state index contributed by atoms with van der Waals surface area (Å²) < 4.78 is 13.5. The zero-order chi connectivity index (χ0) is 13.5. The lowest BCUT2D eigenvalue weighted by molar-refractivity contribution is 0.0696. The van der Waals surface area contributed by atoms with E-state index < -0.39 is 5.97 Å². The van der Waals surface area contributed by atoms with Gasteiger partial charge < -0.3 is 10.4 Å². The van der Waals surface area contributed by atoms with E-state index in [2.05, 4.69) is 19.2 Å². The fraction of sp³-hybridized carbons (Fsp3) is 0.500. The van der Waals surface area contributed by atoms with Crippen molar-refractivity contribution in [2.24, 2.45) is 0 Å². The Morgan fingerprint density at radius 2 is 2.17 bits per heavy atom. The van der Waals surface area contributed by atoms with Crippen LogP contribution in [0.5, 0.6) is 0 Å². The van der Waals surface area contributed by atoms with Gasteiger partial charge in [-0.3, -0.25) is 0 Å². The SMILES string of the molecule is CCCC(CC)NCc1cc(C(=O)O)ccc1F. The largest absolute Gasteiger partial charge is 0.478 e. The van der Waals surface area contributed by atoms with Crippen molar-refractivity contribution in [3.63, 3.8) is 0 Å². The molecule has 0 fully saturated rings. The molecule has 0 heterocycles. The van der Waals surface area contributed by atoms with E-state index in [1.807, 2.05) is 0 Å². The summed E-state index contributed by atoms with van der Waals surface area (Å²) in [5, 5.41) is 12.1. The third-order valence-corrected chi connectivity index (χ3v) is 3.00. The van der Waals surface area contributed by atoms with Crippen LogP contribution >= 0.6 is 0 Å². The molecule has 1 aromatic carbocycles. The highest BCUT2D eigenvalue weighted by Crippen LogP contribution is 2.12. The van der Waals surface area contributed by atoms with Gasteiger partial charge in [-0.05, 0) is 31.0 Å². The first-order valence-corrected chi connectivity index (χ1v) is 6.33. The highest BCUT2D eigenvalue weighted by Gasteiger charge is 2.10. The second kappa shape index (κ2) is 7.11. The summed E-state index contributed by atoms with van der Waals surface area (Å²) in [6.07, 6.45) is 3.09. The number of hydrogen-bond donors (Lipinski definition) is 2. The molecule has 1 unspecified atom stereocenters. The minimum absolute atomic E-state index is 0.122.